The van der Waals surface area contributed by atoms with Gasteiger partial charge in [0.25, 0.3) is 5.91 Å². The minimum atomic E-state index is -0.164. The molecule has 0 radical (unpaired) electrons. The van der Waals surface area contributed by atoms with Gasteiger partial charge in [0.05, 0.1) is 12.3 Å². The summed E-state index contributed by atoms with van der Waals surface area (Å²) in [6, 6.07) is 14.9. The lowest BCUT2D eigenvalue weighted by atomic mass is 10.2. The zero-order valence-electron chi connectivity index (χ0n) is 16.7. The minimum Gasteiger partial charge on any atom is -0.345 e. The number of anilines is 1. The normalized spacial score (nSPS) is 10.6. The number of halogens is 1. The molecule has 0 saturated carbocycles. The van der Waals surface area contributed by atoms with Crippen LogP contribution in [-0.4, -0.2) is 32.3 Å². The Morgan fingerprint density at radius 3 is 2.60 bits per heavy atom. The Morgan fingerprint density at radius 2 is 1.90 bits per heavy atom. The van der Waals surface area contributed by atoms with Gasteiger partial charge >= 0.3 is 0 Å². The Hall–Kier alpha value is -2.40. The van der Waals surface area contributed by atoms with Crippen LogP contribution in [0.25, 0.3) is 0 Å². The molecule has 156 valence electrons. The van der Waals surface area contributed by atoms with E-state index < -0.39 is 0 Å². The van der Waals surface area contributed by atoms with Gasteiger partial charge in [-0.1, -0.05) is 30.0 Å². The first-order valence-electron chi connectivity index (χ1n) is 9.42. The average Bonchev–Trinajstić information content (AvgIpc) is 3.15. The van der Waals surface area contributed by atoms with Gasteiger partial charge in [-0.3, -0.25) is 9.59 Å². The maximum Gasteiger partial charge on any atom is 0.251 e. The van der Waals surface area contributed by atoms with Gasteiger partial charge in [0.1, 0.15) is 0 Å². The van der Waals surface area contributed by atoms with Gasteiger partial charge in [0, 0.05) is 21.4 Å². The molecule has 9 heteroatoms. The minimum absolute atomic E-state index is 0.103. The Balaban J connectivity index is 1.57. The number of hydrogen-bond acceptors (Lipinski definition) is 5. The first-order valence-corrected chi connectivity index (χ1v) is 11.5. The van der Waals surface area contributed by atoms with E-state index in [2.05, 4.69) is 43.4 Å². The van der Waals surface area contributed by atoms with Crippen LogP contribution in [0.5, 0.6) is 0 Å². The van der Waals surface area contributed by atoms with Crippen LogP contribution in [0.2, 0.25) is 0 Å². The van der Waals surface area contributed by atoms with Crippen molar-refractivity contribution >= 4 is 51.9 Å². The van der Waals surface area contributed by atoms with Crippen molar-refractivity contribution in [3.05, 3.63) is 69.1 Å². The number of thioether (sulfide) groups is 1. The molecule has 0 aliphatic rings. The largest absolute Gasteiger partial charge is 0.345 e. The molecule has 0 aliphatic carbocycles. The predicted octanol–water partition coefficient (Wildman–Crippen LogP) is 3.87. The standard InChI is InChI=1S/C21H22IN5O2S/c1-3-27-18(12-23-20(29)15-7-5-4-6-8-15)25-26-21(27)30-13-19(28)24-17-10-9-16(22)11-14(17)2/h4-11H,3,12-13H2,1-2H3,(H,23,29)(H,24,28). The highest BCUT2D eigenvalue weighted by molar-refractivity contribution is 14.1. The summed E-state index contributed by atoms with van der Waals surface area (Å²) in [7, 11) is 0. The van der Waals surface area contributed by atoms with Gasteiger partial charge < -0.3 is 15.2 Å². The van der Waals surface area contributed by atoms with E-state index in [1.54, 1.807) is 12.1 Å². The van der Waals surface area contributed by atoms with Gasteiger partial charge in [-0.05, 0) is 72.3 Å². The molecule has 0 spiro atoms. The molecule has 1 heterocycles. The van der Waals surface area contributed by atoms with Gasteiger partial charge in [-0.25, -0.2) is 0 Å². The average molecular weight is 535 g/mol. The molecule has 0 unspecified atom stereocenters. The number of nitrogens with zero attached hydrogens (tertiary/aromatic N) is 3. The predicted molar refractivity (Wildman–Crippen MR) is 127 cm³/mol. The van der Waals surface area contributed by atoms with Crippen molar-refractivity contribution in [2.24, 2.45) is 0 Å². The van der Waals surface area contributed by atoms with E-state index in [-0.39, 0.29) is 24.1 Å². The van der Waals surface area contributed by atoms with Crippen LogP contribution in [0, 0.1) is 10.5 Å². The van der Waals surface area contributed by atoms with Gasteiger partial charge in [0.15, 0.2) is 11.0 Å². The van der Waals surface area contributed by atoms with Crippen LogP contribution in [0.1, 0.15) is 28.7 Å². The highest BCUT2D eigenvalue weighted by atomic mass is 127. The van der Waals surface area contributed by atoms with E-state index in [1.165, 1.54) is 11.8 Å². The number of hydrogen-bond donors (Lipinski definition) is 2. The van der Waals surface area contributed by atoms with Crippen molar-refractivity contribution in [1.82, 2.24) is 20.1 Å². The number of carbonyl (C=O) groups excluding carboxylic acids is 2. The number of nitrogens with one attached hydrogen (secondary N) is 2. The first-order chi connectivity index (χ1) is 14.5. The van der Waals surface area contributed by atoms with Crippen LogP contribution < -0.4 is 10.6 Å². The van der Waals surface area contributed by atoms with Crippen molar-refractivity contribution in [1.29, 1.82) is 0 Å². The summed E-state index contributed by atoms with van der Waals surface area (Å²) in [5.74, 6) is 0.606. The van der Waals surface area contributed by atoms with Crippen LogP contribution >= 0.6 is 34.4 Å². The molecule has 2 N–H and O–H groups in total. The molecule has 0 bridgehead atoms. The lowest BCUT2D eigenvalue weighted by Gasteiger charge is -2.10. The van der Waals surface area contributed by atoms with E-state index in [4.69, 9.17) is 0 Å². The highest BCUT2D eigenvalue weighted by Gasteiger charge is 2.15. The first kappa shape index (κ1) is 22.3. The van der Waals surface area contributed by atoms with E-state index in [1.807, 2.05) is 54.8 Å². The van der Waals surface area contributed by atoms with Crippen molar-refractivity contribution in [2.45, 2.75) is 32.1 Å². The fourth-order valence-corrected chi connectivity index (χ4v) is 4.28. The fourth-order valence-electron chi connectivity index (χ4n) is 2.81. The van der Waals surface area contributed by atoms with Gasteiger partial charge in [-0.2, -0.15) is 0 Å². The molecule has 0 saturated heterocycles. The molecule has 0 atom stereocenters. The Labute approximate surface area is 193 Å². The number of aromatic nitrogens is 3. The summed E-state index contributed by atoms with van der Waals surface area (Å²) in [5, 5.41) is 14.8. The molecule has 3 aromatic rings. The van der Waals surface area contributed by atoms with Gasteiger partial charge in [0.2, 0.25) is 5.91 Å². The molecule has 1 aromatic heterocycles. The molecular formula is C21H22IN5O2S. The van der Waals surface area contributed by atoms with Crippen LogP contribution in [-0.2, 0) is 17.9 Å². The van der Waals surface area contributed by atoms with Crippen molar-refractivity contribution in [3.63, 3.8) is 0 Å². The maximum absolute atomic E-state index is 12.4. The summed E-state index contributed by atoms with van der Waals surface area (Å²) in [6.07, 6.45) is 0. The number of carbonyl (C=O) groups is 2. The van der Waals surface area contributed by atoms with Gasteiger partial charge in [-0.15, -0.1) is 10.2 Å². The Bertz CT molecular complexity index is 1040. The van der Waals surface area contributed by atoms with Crippen LogP contribution in [0.3, 0.4) is 0 Å². The topological polar surface area (TPSA) is 88.9 Å². The number of benzene rings is 2. The third-order valence-electron chi connectivity index (χ3n) is 4.35. The fraction of sp³-hybridized carbons (Fsp3) is 0.238. The van der Waals surface area contributed by atoms with E-state index in [9.17, 15) is 9.59 Å². The second kappa shape index (κ2) is 10.6. The van der Waals surface area contributed by atoms with Crippen molar-refractivity contribution in [2.75, 3.05) is 11.1 Å². The second-order valence-electron chi connectivity index (χ2n) is 6.49. The molecule has 3 rings (SSSR count). The smallest absolute Gasteiger partial charge is 0.251 e. The third kappa shape index (κ3) is 5.82. The maximum atomic E-state index is 12.4. The second-order valence-corrected chi connectivity index (χ2v) is 8.68. The monoisotopic (exact) mass is 535 g/mol. The zero-order valence-corrected chi connectivity index (χ0v) is 19.7. The lowest BCUT2D eigenvalue weighted by molar-refractivity contribution is -0.113. The van der Waals surface area contributed by atoms with Crippen LogP contribution in [0.15, 0.2) is 53.7 Å². The molecular weight excluding hydrogens is 513 g/mol. The number of rotatable bonds is 8. The third-order valence-corrected chi connectivity index (χ3v) is 5.99. The molecule has 0 fully saturated rings. The lowest BCUT2D eigenvalue weighted by Crippen LogP contribution is -2.24. The summed E-state index contributed by atoms with van der Waals surface area (Å²) in [5.41, 5.74) is 2.42. The van der Waals surface area contributed by atoms with Crippen molar-refractivity contribution < 1.29 is 9.59 Å². The molecule has 30 heavy (non-hydrogen) atoms. The number of amides is 2. The summed E-state index contributed by atoms with van der Waals surface area (Å²) in [6.45, 7) is 4.85. The zero-order chi connectivity index (χ0) is 21.5. The summed E-state index contributed by atoms with van der Waals surface area (Å²) in [4.78, 5) is 24.6. The summed E-state index contributed by atoms with van der Waals surface area (Å²) >= 11 is 3.57. The molecule has 0 aliphatic heterocycles. The Morgan fingerprint density at radius 1 is 1.13 bits per heavy atom. The van der Waals surface area contributed by atoms with E-state index >= 15 is 0 Å². The van der Waals surface area contributed by atoms with Crippen LogP contribution in [0.4, 0.5) is 5.69 Å². The van der Waals surface area contributed by atoms with E-state index in [0.717, 1.165) is 14.8 Å². The number of aryl methyl sites for hydroxylation is 1. The summed E-state index contributed by atoms with van der Waals surface area (Å²) < 4.78 is 3.03. The molecule has 2 aromatic carbocycles. The quantitative estimate of drug-likeness (QED) is 0.338. The van der Waals surface area contributed by atoms with Crippen molar-refractivity contribution in [3.8, 4) is 0 Å². The highest BCUT2D eigenvalue weighted by Crippen LogP contribution is 2.20. The molecule has 2 amide bonds. The van der Waals surface area contributed by atoms with E-state index in [0.29, 0.717) is 23.1 Å². The molecule has 7 nitrogen and oxygen atoms in total. The Kier molecular flexibility index (Phi) is 7.86. The SMILES string of the molecule is CCn1c(CNC(=O)c2ccccc2)nnc1SCC(=O)Nc1ccc(I)cc1C.